The Morgan fingerprint density at radius 2 is 1.89 bits per heavy atom. The average Bonchev–Trinajstić information content (AvgIpc) is 2.36. The monoisotopic (exact) mass is 267 g/mol. The summed E-state index contributed by atoms with van der Waals surface area (Å²) in [6.07, 6.45) is 3.64. The molecule has 0 radical (unpaired) electrons. The third kappa shape index (κ3) is 3.53. The lowest BCUT2D eigenvalue weighted by molar-refractivity contribution is 0.216. The minimum absolute atomic E-state index is 0.0518. The molecule has 0 spiro atoms. The Morgan fingerprint density at radius 1 is 1.16 bits per heavy atom. The largest absolute Gasteiger partial charge is 0.307 e. The molecule has 2 rings (SSSR count). The Kier molecular flexibility index (Phi) is 4.56. The van der Waals surface area contributed by atoms with Crippen LogP contribution in [0.4, 0.5) is 8.78 Å². The van der Waals surface area contributed by atoms with Gasteiger partial charge in [-0.2, -0.15) is 0 Å². The van der Waals surface area contributed by atoms with Gasteiger partial charge in [0.05, 0.1) is 0 Å². The van der Waals surface area contributed by atoms with E-state index in [9.17, 15) is 8.78 Å². The van der Waals surface area contributed by atoms with Gasteiger partial charge in [0.15, 0.2) is 11.6 Å². The zero-order valence-corrected chi connectivity index (χ0v) is 11.9. The fourth-order valence-corrected chi connectivity index (χ4v) is 3.11. The van der Waals surface area contributed by atoms with E-state index in [1.165, 1.54) is 25.0 Å². The summed E-state index contributed by atoms with van der Waals surface area (Å²) in [5.74, 6) is -0.115. The van der Waals surface area contributed by atoms with Gasteiger partial charge in [0.2, 0.25) is 0 Å². The first kappa shape index (κ1) is 14.4. The minimum atomic E-state index is -0.782. The third-order valence-electron chi connectivity index (χ3n) is 4.34. The van der Waals surface area contributed by atoms with Gasteiger partial charge in [0.1, 0.15) is 0 Å². The van der Waals surface area contributed by atoms with E-state index in [2.05, 4.69) is 19.2 Å². The van der Waals surface area contributed by atoms with Gasteiger partial charge in [-0.1, -0.05) is 19.9 Å². The van der Waals surface area contributed by atoms with E-state index in [4.69, 9.17) is 0 Å². The lowest BCUT2D eigenvalue weighted by Crippen LogP contribution is -2.40. The Morgan fingerprint density at radius 3 is 2.53 bits per heavy atom. The molecule has 1 aromatic rings. The van der Waals surface area contributed by atoms with Crippen molar-refractivity contribution in [2.24, 2.45) is 11.8 Å². The highest BCUT2D eigenvalue weighted by atomic mass is 19.2. The predicted octanol–water partition coefficient (Wildman–Crippen LogP) is 4.44. The van der Waals surface area contributed by atoms with Crippen LogP contribution in [-0.4, -0.2) is 6.04 Å². The second-order valence-corrected chi connectivity index (χ2v) is 6.06. The molecule has 1 N–H and O–H groups in total. The number of nitrogens with one attached hydrogen (secondary N) is 1. The van der Waals surface area contributed by atoms with Gasteiger partial charge in [0, 0.05) is 12.1 Å². The minimum Gasteiger partial charge on any atom is -0.307 e. The van der Waals surface area contributed by atoms with Crippen molar-refractivity contribution in [2.75, 3.05) is 0 Å². The van der Waals surface area contributed by atoms with Gasteiger partial charge >= 0.3 is 0 Å². The van der Waals surface area contributed by atoms with E-state index >= 15 is 0 Å². The first-order chi connectivity index (χ1) is 8.97. The van der Waals surface area contributed by atoms with Crippen LogP contribution in [0, 0.1) is 23.5 Å². The van der Waals surface area contributed by atoms with Gasteiger partial charge in [-0.05, 0) is 55.7 Å². The molecular weight excluding hydrogens is 244 g/mol. The Balaban J connectivity index is 2.00. The third-order valence-corrected chi connectivity index (χ3v) is 4.34. The van der Waals surface area contributed by atoms with Gasteiger partial charge in [-0.25, -0.2) is 8.78 Å². The fourth-order valence-electron chi connectivity index (χ4n) is 3.11. The zero-order chi connectivity index (χ0) is 14.0. The molecule has 4 atom stereocenters. The molecule has 0 aliphatic heterocycles. The molecule has 3 heteroatoms. The maximum absolute atomic E-state index is 13.2. The first-order valence-corrected chi connectivity index (χ1v) is 7.18. The number of benzene rings is 1. The highest BCUT2D eigenvalue weighted by molar-refractivity contribution is 5.21. The van der Waals surface area contributed by atoms with Gasteiger partial charge in [-0.15, -0.1) is 0 Å². The summed E-state index contributed by atoms with van der Waals surface area (Å²) in [7, 11) is 0. The predicted molar refractivity (Wildman–Crippen MR) is 73.9 cm³/mol. The summed E-state index contributed by atoms with van der Waals surface area (Å²) < 4.78 is 26.2. The van der Waals surface area contributed by atoms with Crippen molar-refractivity contribution in [3.8, 4) is 0 Å². The number of hydrogen-bond acceptors (Lipinski definition) is 1. The standard InChI is InChI=1S/C16H23F2N/c1-10-4-7-16(11(2)8-10)19-12(3)13-5-6-14(17)15(18)9-13/h5-6,9-12,16,19H,4,7-8H2,1-3H3. The zero-order valence-electron chi connectivity index (χ0n) is 11.9. The van der Waals surface area contributed by atoms with Crippen molar-refractivity contribution in [3.63, 3.8) is 0 Å². The Labute approximate surface area is 114 Å². The Bertz CT molecular complexity index is 433. The van der Waals surface area contributed by atoms with Crippen LogP contribution in [-0.2, 0) is 0 Å². The quantitative estimate of drug-likeness (QED) is 0.853. The van der Waals surface area contributed by atoms with Gasteiger partial charge in [-0.3, -0.25) is 0 Å². The second kappa shape index (κ2) is 6.00. The molecule has 1 aliphatic rings. The van der Waals surface area contributed by atoms with Crippen LogP contribution in [0.15, 0.2) is 18.2 Å². The molecule has 0 aromatic heterocycles. The average molecular weight is 267 g/mol. The fraction of sp³-hybridized carbons (Fsp3) is 0.625. The highest BCUT2D eigenvalue weighted by Crippen LogP contribution is 2.30. The summed E-state index contributed by atoms with van der Waals surface area (Å²) in [6, 6.07) is 4.68. The van der Waals surface area contributed by atoms with Crippen molar-refractivity contribution >= 4 is 0 Å². The molecule has 0 amide bonds. The lowest BCUT2D eigenvalue weighted by atomic mass is 9.79. The van der Waals surface area contributed by atoms with Gasteiger partial charge < -0.3 is 5.32 Å². The first-order valence-electron chi connectivity index (χ1n) is 7.18. The summed E-state index contributed by atoms with van der Waals surface area (Å²) in [5, 5.41) is 3.56. The summed E-state index contributed by atoms with van der Waals surface area (Å²) >= 11 is 0. The van der Waals surface area contributed by atoms with E-state index in [0.29, 0.717) is 12.0 Å². The van der Waals surface area contributed by atoms with Gasteiger partial charge in [0.25, 0.3) is 0 Å². The molecule has 1 nitrogen and oxygen atoms in total. The molecule has 1 aromatic carbocycles. The SMILES string of the molecule is CC1CCC(NC(C)c2ccc(F)c(F)c2)C(C)C1. The molecule has 19 heavy (non-hydrogen) atoms. The van der Waals surface area contributed by atoms with Crippen LogP contribution < -0.4 is 5.32 Å². The van der Waals surface area contributed by atoms with Crippen molar-refractivity contribution in [3.05, 3.63) is 35.4 Å². The van der Waals surface area contributed by atoms with Crippen LogP contribution in [0.5, 0.6) is 0 Å². The maximum Gasteiger partial charge on any atom is 0.159 e. The number of halogens is 2. The molecule has 1 aliphatic carbocycles. The van der Waals surface area contributed by atoms with E-state index in [-0.39, 0.29) is 6.04 Å². The molecule has 0 heterocycles. The molecule has 0 bridgehead atoms. The normalized spacial score (nSPS) is 29.2. The molecular formula is C16H23F2N. The molecule has 1 fully saturated rings. The van der Waals surface area contributed by atoms with E-state index in [1.807, 2.05) is 6.92 Å². The van der Waals surface area contributed by atoms with Crippen molar-refractivity contribution in [2.45, 2.75) is 52.1 Å². The topological polar surface area (TPSA) is 12.0 Å². The van der Waals surface area contributed by atoms with Crippen molar-refractivity contribution in [1.82, 2.24) is 5.32 Å². The number of rotatable bonds is 3. The van der Waals surface area contributed by atoms with Crippen LogP contribution in [0.25, 0.3) is 0 Å². The van der Waals surface area contributed by atoms with E-state index in [1.54, 1.807) is 6.07 Å². The summed E-state index contributed by atoms with van der Waals surface area (Å²) in [5.41, 5.74) is 0.810. The molecule has 4 unspecified atom stereocenters. The van der Waals surface area contributed by atoms with E-state index in [0.717, 1.165) is 17.9 Å². The van der Waals surface area contributed by atoms with Crippen LogP contribution in [0.3, 0.4) is 0 Å². The molecule has 106 valence electrons. The van der Waals surface area contributed by atoms with Crippen molar-refractivity contribution < 1.29 is 8.78 Å². The van der Waals surface area contributed by atoms with Crippen LogP contribution in [0.1, 0.15) is 51.6 Å². The lowest BCUT2D eigenvalue weighted by Gasteiger charge is -2.35. The van der Waals surface area contributed by atoms with Crippen molar-refractivity contribution in [1.29, 1.82) is 0 Å². The summed E-state index contributed by atoms with van der Waals surface area (Å²) in [4.78, 5) is 0. The maximum atomic E-state index is 13.2. The summed E-state index contributed by atoms with van der Waals surface area (Å²) in [6.45, 7) is 6.58. The smallest absolute Gasteiger partial charge is 0.159 e. The van der Waals surface area contributed by atoms with Crippen LogP contribution in [0.2, 0.25) is 0 Å². The molecule has 1 saturated carbocycles. The highest BCUT2D eigenvalue weighted by Gasteiger charge is 2.26. The van der Waals surface area contributed by atoms with Crippen LogP contribution >= 0.6 is 0 Å². The molecule has 0 saturated heterocycles. The van der Waals surface area contributed by atoms with E-state index < -0.39 is 11.6 Å². The second-order valence-electron chi connectivity index (χ2n) is 6.06. The number of hydrogen-bond donors (Lipinski definition) is 1. The Hall–Kier alpha value is -0.960.